The lowest BCUT2D eigenvalue weighted by atomic mass is 10.1. The number of nitrogens with one attached hydrogen (secondary N) is 1. The number of carbonyl (C=O) groups is 1. The Morgan fingerprint density at radius 2 is 1.88 bits per heavy atom. The number of amides is 1. The van der Waals surface area contributed by atoms with Crippen LogP contribution >= 0.6 is 0 Å². The molecule has 17 heavy (non-hydrogen) atoms. The van der Waals surface area contributed by atoms with Crippen LogP contribution in [0.1, 0.15) is 33.1 Å². The van der Waals surface area contributed by atoms with Crippen LogP contribution in [0.25, 0.3) is 0 Å². The minimum Gasteiger partial charge on any atom is -0.300 e. The van der Waals surface area contributed by atoms with Crippen molar-refractivity contribution in [2.24, 2.45) is 5.84 Å². The third-order valence-corrected chi connectivity index (χ3v) is 3.72. The highest BCUT2D eigenvalue weighted by atomic mass is 16.2. The fourth-order valence-corrected chi connectivity index (χ4v) is 2.39. The van der Waals surface area contributed by atoms with E-state index in [0.717, 1.165) is 32.5 Å². The van der Waals surface area contributed by atoms with Gasteiger partial charge < -0.3 is 4.90 Å². The molecular formula is C12H26N4O. The molecule has 0 aromatic heterocycles. The van der Waals surface area contributed by atoms with Crippen molar-refractivity contribution in [3.8, 4) is 0 Å². The number of carbonyl (C=O) groups excluding carboxylic acids is 1. The second-order valence-corrected chi connectivity index (χ2v) is 5.15. The second-order valence-electron chi connectivity index (χ2n) is 5.15. The molecule has 0 aromatic carbocycles. The maximum absolute atomic E-state index is 11.0. The van der Waals surface area contributed by atoms with Crippen molar-refractivity contribution < 1.29 is 4.79 Å². The van der Waals surface area contributed by atoms with Crippen molar-refractivity contribution in [1.29, 1.82) is 0 Å². The van der Waals surface area contributed by atoms with Gasteiger partial charge in [-0.2, -0.15) is 0 Å². The van der Waals surface area contributed by atoms with Gasteiger partial charge in [-0.3, -0.25) is 15.1 Å². The largest absolute Gasteiger partial charge is 0.300 e. The van der Waals surface area contributed by atoms with E-state index in [4.69, 9.17) is 5.84 Å². The lowest BCUT2D eigenvalue weighted by molar-refractivity contribution is -0.121. The molecule has 0 spiro atoms. The minimum atomic E-state index is -0.0647. The van der Waals surface area contributed by atoms with Crippen LogP contribution in [0.3, 0.4) is 0 Å². The molecule has 1 rings (SSSR count). The third-order valence-electron chi connectivity index (χ3n) is 3.72. The molecule has 1 saturated heterocycles. The zero-order valence-corrected chi connectivity index (χ0v) is 11.3. The first kappa shape index (κ1) is 14.4. The lowest BCUT2D eigenvalue weighted by Gasteiger charge is -2.42. The van der Waals surface area contributed by atoms with Gasteiger partial charge in [0.2, 0.25) is 5.91 Å². The monoisotopic (exact) mass is 242 g/mol. The first-order valence-corrected chi connectivity index (χ1v) is 6.48. The maximum atomic E-state index is 11.0. The van der Waals surface area contributed by atoms with Gasteiger partial charge in [-0.05, 0) is 40.3 Å². The fraction of sp³-hybridized carbons (Fsp3) is 0.917. The number of hydrogen-bond acceptors (Lipinski definition) is 4. The van der Waals surface area contributed by atoms with Gasteiger partial charge in [-0.15, -0.1) is 0 Å². The van der Waals surface area contributed by atoms with Crippen LogP contribution in [0.15, 0.2) is 0 Å². The van der Waals surface area contributed by atoms with E-state index >= 15 is 0 Å². The molecule has 3 N–H and O–H groups in total. The topological polar surface area (TPSA) is 61.6 Å². The second kappa shape index (κ2) is 6.93. The van der Waals surface area contributed by atoms with E-state index in [9.17, 15) is 4.79 Å². The summed E-state index contributed by atoms with van der Waals surface area (Å²) in [5.41, 5.74) is 2.16. The Morgan fingerprint density at radius 1 is 1.29 bits per heavy atom. The SMILES string of the molecule is CC1CN(CCCCC(=O)NN)CC(C)N1C. The fourth-order valence-electron chi connectivity index (χ4n) is 2.39. The van der Waals surface area contributed by atoms with E-state index in [1.165, 1.54) is 0 Å². The lowest BCUT2D eigenvalue weighted by Crippen LogP contribution is -2.54. The molecule has 0 saturated carbocycles. The number of likely N-dealkylation sites (N-methyl/N-ethyl adjacent to an activating group) is 1. The van der Waals surface area contributed by atoms with E-state index in [0.29, 0.717) is 18.5 Å². The summed E-state index contributed by atoms with van der Waals surface area (Å²) < 4.78 is 0. The molecule has 0 bridgehead atoms. The summed E-state index contributed by atoms with van der Waals surface area (Å²) in [6.07, 6.45) is 2.52. The number of piperazine rings is 1. The van der Waals surface area contributed by atoms with Crippen molar-refractivity contribution in [3.63, 3.8) is 0 Å². The van der Waals surface area contributed by atoms with E-state index < -0.39 is 0 Å². The zero-order valence-electron chi connectivity index (χ0n) is 11.3. The van der Waals surface area contributed by atoms with Crippen molar-refractivity contribution in [3.05, 3.63) is 0 Å². The van der Waals surface area contributed by atoms with E-state index in [2.05, 4.69) is 36.1 Å². The van der Waals surface area contributed by atoms with Gasteiger partial charge in [0.25, 0.3) is 0 Å². The van der Waals surface area contributed by atoms with Gasteiger partial charge >= 0.3 is 0 Å². The molecule has 1 aliphatic heterocycles. The summed E-state index contributed by atoms with van der Waals surface area (Å²) in [4.78, 5) is 15.9. The Hall–Kier alpha value is -0.650. The molecular weight excluding hydrogens is 216 g/mol. The smallest absolute Gasteiger partial charge is 0.233 e. The molecule has 2 atom stereocenters. The molecule has 2 unspecified atom stereocenters. The van der Waals surface area contributed by atoms with Crippen LogP contribution in [0.2, 0.25) is 0 Å². The van der Waals surface area contributed by atoms with Gasteiger partial charge in [-0.1, -0.05) is 0 Å². The van der Waals surface area contributed by atoms with Gasteiger partial charge in [0.05, 0.1) is 0 Å². The molecule has 0 radical (unpaired) electrons. The molecule has 0 aliphatic carbocycles. The average Bonchev–Trinajstić information content (AvgIpc) is 2.31. The third kappa shape index (κ3) is 4.61. The molecule has 0 aromatic rings. The number of rotatable bonds is 5. The molecule has 5 nitrogen and oxygen atoms in total. The Bertz CT molecular complexity index is 235. The predicted molar refractivity (Wildman–Crippen MR) is 69.3 cm³/mol. The van der Waals surface area contributed by atoms with Crippen LogP contribution in [-0.2, 0) is 4.79 Å². The molecule has 5 heteroatoms. The van der Waals surface area contributed by atoms with Crippen molar-refractivity contribution in [2.45, 2.75) is 45.2 Å². The number of hydrazine groups is 1. The summed E-state index contributed by atoms with van der Waals surface area (Å²) in [5, 5.41) is 0. The standard InChI is InChI=1S/C12H26N4O/c1-10-8-16(9-11(2)15(10)3)7-5-4-6-12(17)14-13/h10-11H,4-9,13H2,1-3H3,(H,14,17). The van der Waals surface area contributed by atoms with Crippen molar-refractivity contribution in [2.75, 3.05) is 26.7 Å². The Balaban J connectivity index is 2.17. The van der Waals surface area contributed by atoms with E-state index in [-0.39, 0.29) is 5.91 Å². The highest BCUT2D eigenvalue weighted by Crippen LogP contribution is 2.13. The summed E-state index contributed by atoms with van der Waals surface area (Å²) in [6, 6.07) is 1.23. The van der Waals surface area contributed by atoms with Gasteiger partial charge in [0, 0.05) is 31.6 Å². The van der Waals surface area contributed by atoms with Crippen molar-refractivity contribution in [1.82, 2.24) is 15.2 Å². The molecule has 1 aliphatic rings. The molecule has 100 valence electrons. The predicted octanol–water partition coefficient (Wildman–Crippen LogP) is 0.171. The summed E-state index contributed by atoms with van der Waals surface area (Å²) in [5.74, 6) is 4.97. The van der Waals surface area contributed by atoms with E-state index in [1.807, 2.05) is 0 Å². The Labute approximate surface area is 104 Å². The van der Waals surface area contributed by atoms with Gasteiger partial charge in [0.15, 0.2) is 0 Å². The Morgan fingerprint density at radius 3 is 2.41 bits per heavy atom. The Kier molecular flexibility index (Phi) is 5.88. The van der Waals surface area contributed by atoms with Crippen molar-refractivity contribution >= 4 is 5.91 Å². The van der Waals surface area contributed by atoms with Crippen LogP contribution in [0.5, 0.6) is 0 Å². The number of hydrogen-bond donors (Lipinski definition) is 2. The van der Waals surface area contributed by atoms with Crippen LogP contribution in [0, 0.1) is 0 Å². The van der Waals surface area contributed by atoms with E-state index in [1.54, 1.807) is 0 Å². The summed E-state index contributed by atoms with van der Waals surface area (Å²) in [6.45, 7) is 7.88. The number of nitrogens with zero attached hydrogens (tertiary/aromatic N) is 2. The molecule has 1 heterocycles. The zero-order chi connectivity index (χ0) is 12.8. The molecule has 1 amide bonds. The normalized spacial score (nSPS) is 27.1. The average molecular weight is 242 g/mol. The highest BCUT2D eigenvalue weighted by Gasteiger charge is 2.25. The number of nitrogens with two attached hydrogens (primary N) is 1. The first-order chi connectivity index (χ1) is 8.04. The molecule has 1 fully saturated rings. The quantitative estimate of drug-likeness (QED) is 0.312. The number of unbranched alkanes of at least 4 members (excludes halogenated alkanes) is 1. The van der Waals surface area contributed by atoms with Crippen LogP contribution < -0.4 is 11.3 Å². The summed E-state index contributed by atoms with van der Waals surface area (Å²) in [7, 11) is 2.19. The first-order valence-electron chi connectivity index (χ1n) is 6.48. The minimum absolute atomic E-state index is 0.0647. The maximum Gasteiger partial charge on any atom is 0.233 e. The summed E-state index contributed by atoms with van der Waals surface area (Å²) >= 11 is 0. The highest BCUT2D eigenvalue weighted by molar-refractivity contribution is 5.75. The van der Waals surface area contributed by atoms with Gasteiger partial charge in [0.1, 0.15) is 0 Å². The van der Waals surface area contributed by atoms with Gasteiger partial charge in [-0.25, -0.2) is 5.84 Å². The van der Waals surface area contributed by atoms with Crippen LogP contribution in [0.4, 0.5) is 0 Å². The van der Waals surface area contributed by atoms with Crippen LogP contribution in [-0.4, -0.2) is 54.5 Å².